The lowest BCUT2D eigenvalue weighted by molar-refractivity contribution is 0.320. The first kappa shape index (κ1) is 13.4. The van der Waals surface area contributed by atoms with E-state index in [4.69, 9.17) is 25.2 Å². The summed E-state index contributed by atoms with van der Waals surface area (Å²) in [5.74, 6) is 0.275. The lowest BCUT2D eigenvalue weighted by Crippen LogP contribution is -2.02. The molecular formula is C12H11N5O3. The molecule has 8 heteroatoms. The third-order valence-electron chi connectivity index (χ3n) is 2.26. The number of nitrogen functional groups attached to an aromatic ring is 1. The Bertz CT molecular complexity index is 646. The summed E-state index contributed by atoms with van der Waals surface area (Å²) in [5.41, 5.74) is 6.32. The van der Waals surface area contributed by atoms with E-state index < -0.39 is 0 Å². The average Bonchev–Trinajstić information content (AvgIpc) is 2.48. The van der Waals surface area contributed by atoms with Gasteiger partial charge in [-0.25, -0.2) is 0 Å². The molecule has 102 valence electrons. The van der Waals surface area contributed by atoms with Gasteiger partial charge in [0, 0.05) is 5.69 Å². The number of hydrogen-bond donors (Lipinski definition) is 1. The summed E-state index contributed by atoms with van der Waals surface area (Å²) < 4.78 is 15.2. The first-order valence-corrected chi connectivity index (χ1v) is 5.47. The number of rotatable bonds is 4. The molecule has 1 aromatic heterocycles. The Labute approximate surface area is 114 Å². The van der Waals surface area contributed by atoms with E-state index >= 15 is 0 Å². The Balaban J connectivity index is 2.37. The van der Waals surface area contributed by atoms with Gasteiger partial charge in [0.25, 0.3) is 0 Å². The molecule has 1 aromatic carbocycles. The highest BCUT2D eigenvalue weighted by Gasteiger charge is 2.11. The maximum absolute atomic E-state index is 9.03. The molecule has 0 saturated carbocycles. The second-order valence-electron chi connectivity index (χ2n) is 3.56. The molecule has 8 nitrogen and oxygen atoms in total. The highest BCUT2D eigenvalue weighted by Crippen LogP contribution is 2.26. The number of benzene rings is 1. The Hall–Kier alpha value is -3.08. The molecule has 0 saturated heterocycles. The second-order valence-corrected chi connectivity index (χ2v) is 3.56. The van der Waals surface area contributed by atoms with Gasteiger partial charge in [0.1, 0.15) is 11.8 Å². The topological polar surface area (TPSA) is 116 Å². The first-order chi connectivity index (χ1) is 9.66. The predicted molar refractivity (Wildman–Crippen MR) is 68.6 cm³/mol. The van der Waals surface area contributed by atoms with E-state index in [1.54, 1.807) is 12.1 Å². The fourth-order valence-corrected chi connectivity index (χ4v) is 1.37. The predicted octanol–water partition coefficient (Wildman–Crippen LogP) is 1.13. The fraction of sp³-hybridized carbons (Fsp3) is 0.167. The van der Waals surface area contributed by atoms with Gasteiger partial charge in [-0.15, -0.1) is 15.0 Å². The van der Waals surface area contributed by atoms with E-state index in [9.17, 15) is 0 Å². The van der Waals surface area contributed by atoms with Gasteiger partial charge in [0.2, 0.25) is 0 Å². The van der Waals surface area contributed by atoms with Crippen LogP contribution in [0.15, 0.2) is 18.2 Å². The normalized spacial score (nSPS) is 9.65. The summed E-state index contributed by atoms with van der Waals surface area (Å²) in [6.45, 7) is 0. The zero-order valence-corrected chi connectivity index (χ0v) is 10.8. The third kappa shape index (κ3) is 2.84. The number of nitrogens with two attached hydrogens (primary N) is 1. The van der Waals surface area contributed by atoms with Gasteiger partial charge in [-0.2, -0.15) is 5.26 Å². The van der Waals surface area contributed by atoms with Crippen molar-refractivity contribution in [3.63, 3.8) is 0 Å². The molecule has 2 rings (SSSR count). The average molecular weight is 273 g/mol. The summed E-state index contributed by atoms with van der Waals surface area (Å²) in [4.78, 5) is 11.6. The monoisotopic (exact) mass is 273 g/mol. The highest BCUT2D eigenvalue weighted by atomic mass is 16.5. The Morgan fingerprint density at radius 1 is 1.05 bits per heavy atom. The Morgan fingerprint density at radius 2 is 1.65 bits per heavy atom. The van der Waals surface area contributed by atoms with Crippen LogP contribution < -0.4 is 19.9 Å². The molecule has 0 atom stereocenters. The van der Waals surface area contributed by atoms with Gasteiger partial charge in [-0.05, 0) is 18.2 Å². The lowest BCUT2D eigenvalue weighted by atomic mass is 10.2. The number of nitrogens with zero attached hydrogens (tertiary/aromatic N) is 4. The number of anilines is 1. The summed E-state index contributed by atoms with van der Waals surface area (Å²) in [6.07, 6.45) is 0. The quantitative estimate of drug-likeness (QED) is 0.824. The van der Waals surface area contributed by atoms with Crippen LogP contribution in [-0.4, -0.2) is 29.2 Å². The molecule has 0 aliphatic rings. The molecule has 0 unspecified atom stereocenters. The summed E-state index contributed by atoms with van der Waals surface area (Å²) >= 11 is 0. The van der Waals surface area contributed by atoms with Crippen molar-refractivity contribution in [2.45, 2.75) is 0 Å². The van der Waals surface area contributed by atoms with Crippen LogP contribution in [0.3, 0.4) is 0 Å². The summed E-state index contributed by atoms with van der Waals surface area (Å²) in [6, 6.07) is 6.66. The maximum atomic E-state index is 9.03. The van der Waals surface area contributed by atoms with E-state index in [2.05, 4.69) is 15.0 Å². The Kier molecular flexibility index (Phi) is 3.81. The number of aromatic nitrogens is 3. The van der Waals surface area contributed by atoms with E-state index in [1.807, 2.05) is 6.07 Å². The maximum Gasteiger partial charge on any atom is 0.331 e. The zero-order chi connectivity index (χ0) is 14.5. The SMILES string of the molecule is COc1nc(OC)nc(Oc2ccc(N)cc2C#N)n1. The van der Waals surface area contributed by atoms with Crippen LogP contribution >= 0.6 is 0 Å². The number of hydrogen-bond acceptors (Lipinski definition) is 8. The largest absolute Gasteiger partial charge is 0.467 e. The number of methoxy groups -OCH3 is 2. The molecule has 1 heterocycles. The molecule has 0 fully saturated rings. The van der Waals surface area contributed by atoms with Crippen LogP contribution in [0.1, 0.15) is 5.56 Å². The summed E-state index contributed by atoms with van der Waals surface area (Å²) in [5, 5.41) is 9.03. The lowest BCUT2D eigenvalue weighted by Gasteiger charge is -2.08. The molecule has 0 spiro atoms. The minimum atomic E-state index is -0.0463. The molecule has 0 radical (unpaired) electrons. The number of nitriles is 1. The van der Waals surface area contributed by atoms with Crippen molar-refractivity contribution in [2.75, 3.05) is 20.0 Å². The minimum absolute atomic E-state index is 0.0424. The minimum Gasteiger partial charge on any atom is -0.467 e. The van der Waals surface area contributed by atoms with Crippen molar-refractivity contribution in [2.24, 2.45) is 0 Å². The summed E-state index contributed by atoms with van der Waals surface area (Å²) in [7, 11) is 2.81. The van der Waals surface area contributed by atoms with Crippen molar-refractivity contribution < 1.29 is 14.2 Å². The van der Waals surface area contributed by atoms with Crippen LogP contribution in [0.2, 0.25) is 0 Å². The van der Waals surface area contributed by atoms with Crippen LogP contribution in [0, 0.1) is 11.3 Å². The third-order valence-corrected chi connectivity index (χ3v) is 2.26. The molecular weight excluding hydrogens is 262 g/mol. The molecule has 2 aromatic rings. The standard InChI is InChI=1S/C12H11N5O3/c1-18-10-15-11(19-2)17-12(16-10)20-9-4-3-8(14)5-7(9)6-13/h3-5H,14H2,1-2H3. The zero-order valence-electron chi connectivity index (χ0n) is 10.8. The van der Waals surface area contributed by atoms with E-state index in [1.165, 1.54) is 20.3 Å². The highest BCUT2D eigenvalue weighted by molar-refractivity contribution is 5.53. The van der Waals surface area contributed by atoms with Crippen molar-refractivity contribution in [1.82, 2.24) is 15.0 Å². The smallest absolute Gasteiger partial charge is 0.331 e. The molecule has 0 aliphatic carbocycles. The molecule has 2 N–H and O–H groups in total. The second kappa shape index (κ2) is 5.71. The van der Waals surface area contributed by atoms with Crippen molar-refractivity contribution >= 4 is 5.69 Å². The van der Waals surface area contributed by atoms with Gasteiger partial charge in [0.05, 0.1) is 19.8 Å². The van der Waals surface area contributed by atoms with Crippen LogP contribution in [0.25, 0.3) is 0 Å². The van der Waals surface area contributed by atoms with Gasteiger partial charge in [-0.3, -0.25) is 0 Å². The van der Waals surface area contributed by atoms with Crippen molar-refractivity contribution in [3.8, 4) is 29.9 Å². The van der Waals surface area contributed by atoms with E-state index in [0.29, 0.717) is 5.69 Å². The van der Waals surface area contributed by atoms with E-state index in [-0.39, 0.29) is 29.3 Å². The van der Waals surface area contributed by atoms with Crippen LogP contribution in [0.5, 0.6) is 23.8 Å². The van der Waals surface area contributed by atoms with Gasteiger partial charge in [-0.1, -0.05) is 0 Å². The van der Waals surface area contributed by atoms with Gasteiger partial charge in [0.15, 0.2) is 0 Å². The first-order valence-electron chi connectivity index (χ1n) is 5.47. The van der Waals surface area contributed by atoms with E-state index in [0.717, 1.165) is 0 Å². The van der Waals surface area contributed by atoms with Crippen molar-refractivity contribution in [3.05, 3.63) is 23.8 Å². The number of ether oxygens (including phenoxy) is 3. The van der Waals surface area contributed by atoms with Crippen molar-refractivity contribution in [1.29, 1.82) is 5.26 Å². The molecule has 0 amide bonds. The molecule has 0 aliphatic heterocycles. The molecule has 0 bridgehead atoms. The Morgan fingerprint density at radius 3 is 2.20 bits per heavy atom. The van der Waals surface area contributed by atoms with Gasteiger partial charge < -0.3 is 19.9 Å². The van der Waals surface area contributed by atoms with Gasteiger partial charge >= 0.3 is 18.0 Å². The molecule has 20 heavy (non-hydrogen) atoms. The van der Waals surface area contributed by atoms with Crippen LogP contribution in [0.4, 0.5) is 5.69 Å². The fourth-order valence-electron chi connectivity index (χ4n) is 1.37. The van der Waals surface area contributed by atoms with Crippen LogP contribution in [-0.2, 0) is 0 Å².